The van der Waals surface area contributed by atoms with Crippen LogP contribution in [0.3, 0.4) is 0 Å². The molecule has 1 aromatic heterocycles. The smallest absolute Gasteiger partial charge is 0.373 e. The van der Waals surface area contributed by atoms with Crippen molar-refractivity contribution in [2.75, 3.05) is 0 Å². The molecule has 0 N–H and O–H groups in total. The Hall–Kier alpha value is -0.420. The molecule has 0 aliphatic carbocycles. The van der Waals surface area contributed by atoms with Gasteiger partial charge in [-0.1, -0.05) is 11.3 Å². The summed E-state index contributed by atoms with van der Waals surface area (Å²) in [6.45, 7) is 2.25. The maximum atomic E-state index is 10.9. The Labute approximate surface area is 84.7 Å². The first-order valence-corrected chi connectivity index (χ1v) is 4.31. The molecule has 1 aromatic rings. The lowest BCUT2D eigenvalue weighted by atomic mass is 10.3. The molecule has 0 spiro atoms. The Morgan fingerprint density at radius 3 is 3.25 bits per heavy atom. The van der Waals surface area contributed by atoms with Crippen molar-refractivity contribution in [3.05, 3.63) is 16.6 Å². The lowest BCUT2D eigenvalue weighted by Gasteiger charge is -2.12. The number of cyclic esters (lactones) is 1. The van der Waals surface area contributed by atoms with Crippen LogP contribution in [0.2, 0.25) is 0 Å². The number of hydrogen-bond donors (Lipinski definition) is 0. The summed E-state index contributed by atoms with van der Waals surface area (Å²) in [6, 6.07) is 0. The molecule has 0 amide bonds. The van der Waals surface area contributed by atoms with Crippen LogP contribution in [0, 0.1) is 0 Å². The van der Waals surface area contributed by atoms with Gasteiger partial charge >= 0.3 is 5.97 Å². The standard InChI is InChI=1S/C7H8NO2S.BrH/c1-5-7-8(2-3-11-7)4-6(9)10-5;/h2-3,5H,4H2,1H3;1H/q+1;/p-1. The van der Waals surface area contributed by atoms with Crippen LogP contribution in [0.25, 0.3) is 0 Å². The first-order chi connectivity index (χ1) is 5.27. The third kappa shape index (κ3) is 1.51. The van der Waals surface area contributed by atoms with Crippen molar-refractivity contribution in [2.45, 2.75) is 19.6 Å². The number of aromatic nitrogens is 1. The van der Waals surface area contributed by atoms with Crippen molar-refractivity contribution in [3.8, 4) is 0 Å². The van der Waals surface area contributed by atoms with Crippen molar-refractivity contribution in [1.29, 1.82) is 0 Å². The first kappa shape index (κ1) is 9.67. The lowest BCUT2D eigenvalue weighted by molar-refractivity contribution is -0.697. The number of carbonyl (C=O) groups excluding carboxylic acids is 1. The number of hydrogen-bond acceptors (Lipinski definition) is 3. The van der Waals surface area contributed by atoms with Gasteiger partial charge in [-0.05, 0) is 6.92 Å². The van der Waals surface area contributed by atoms with Crippen LogP contribution in [-0.4, -0.2) is 5.97 Å². The van der Waals surface area contributed by atoms with Gasteiger partial charge in [0.05, 0.1) is 5.38 Å². The molecule has 0 radical (unpaired) electrons. The summed E-state index contributed by atoms with van der Waals surface area (Å²) in [5.74, 6) is -0.145. The Bertz CT molecular complexity index is 299. The van der Waals surface area contributed by atoms with E-state index in [1.165, 1.54) is 0 Å². The predicted molar refractivity (Wildman–Crippen MR) is 39.0 cm³/mol. The van der Waals surface area contributed by atoms with Crippen LogP contribution < -0.4 is 21.5 Å². The summed E-state index contributed by atoms with van der Waals surface area (Å²) in [6.07, 6.45) is 1.84. The van der Waals surface area contributed by atoms with E-state index in [1.807, 2.05) is 23.1 Å². The largest absolute Gasteiger partial charge is 1.00 e. The third-order valence-electron chi connectivity index (χ3n) is 1.67. The second kappa shape index (κ2) is 3.53. The average molecular weight is 250 g/mol. The quantitative estimate of drug-likeness (QED) is 0.381. The molecule has 1 unspecified atom stereocenters. The van der Waals surface area contributed by atoms with E-state index < -0.39 is 0 Å². The van der Waals surface area contributed by atoms with Gasteiger partial charge in [0.15, 0.2) is 12.3 Å². The van der Waals surface area contributed by atoms with Crippen molar-refractivity contribution in [2.24, 2.45) is 0 Å². The van der Waals surface area contributed by atoms with Crippen LogP contribution >= 0.6 is 11.3 Å². The minimum Gasteiger partial charge on any atom is -1.00 e. The van der Waals surface area contributed by atoms with Gasteiger partial charge in [-0.15, -0.1) is 0 Å². The Balaban J connectivity index is 0.000000720. The van der Waals surface area contributed by atoms with E-state index in [0.29, 0.717) is 6.54 Å². The van der Waals surface area contributed by atoms with E-state index in [-0.39, 0.29) is 29.1 Å². The van der Waals surface area contributed by atoms with Crippen molar-refractivity contribution >= 4 is 17.3 Å². The van der Waals surface area contributed by atoms with Crippen molar-refractivity contribution < 1.29 is 31.1 Å². The molecule has 1 aliphatic heterocycles. The Morgan fingerprint density at radius 2 is 2.50 bits per heavy atom. The van der Waals surface area contributed by atoms with E-state index in [1.54, 1.807) is 11.3 Å². The number of esters is 1. The zero-order chi connectivity index (χ0) is 7.84. The van der Waals surface area contributed by atoms with Crippen LogP contribution in [0.4, 0.5) is 0 Å². The number of halogens is 1. The minimum absolute atomic E-state index is 0. The molecule has 66 valence electrons. The molecule has 2 rings (SSSR count). The molecule has 12 heavy (non-hydrogen) atoms. The van der Waals surface area contributed by atoms with Crippen LogP contribution in [-0.2, 0) is 16.1 Å². The Kier molecular flexibility index (Phi) is 2.85. The topological polar surface area (TPSA) is 30.2 Å². The second-order valence-corrected chi connectivity index (χ2v) is 3.43. The van der Waals surface area contributed by atoms with E-state index in [0.717, 1.165) is 5.01 Å². The number of ether oxygens (including phenoxy) is 1. The number of nitrogens with zero attached hydrogens (tertiary/aromatic N) is 1. The first-order valence-electron chi connectivity index (χ1n) is 3.43. The minimum atomic E-state index is -0.145. The van der Waals surface area contributed by atoms with E-state index in [2.05, 4.69) is 0 Å². The molecule has 0 aromatic carbocycles. The maximum absolute atomic E-state index is 10.9. The van der Waals surface area contributed by atoms with Crippen molar-refractivity contribution in [1.82, 2.24) is 0 Å². The lowest BCUT2D eigenvalue weighted by Crippen LogP contribution is -3.00. The van der Waals surface area contributed by atoms with Crippen LogP contribution in [0.15, 0.2) is 11.6 Å². The summed E-state index contributed by atoms with van der Waals surface area (Å²) in [5, 5.41) is 3.08. The Morgan fingerprint density at radius 1 is 1.75 bits per heavy atom. The highest BCUT2D eigenvalue weighted by atomic mass is 79.9. The number of fused-ring (bicyclic) bond motifs is 1. The SMILES string of the molecule is CC1OC(=O)C[n+]2ccsc21.[Br-]. The highest BCUT2D eigenvalue weighted by Crippen LogP contribution is 2.20. The highest BCUT2D eigenvalue weighted by molar-refractivity contribution is 7.09. The van der Waals surface area contributed by atoms with Gasteiger partial charge < -0.3 is 21.7 Å². The number of rotatable bonds is 0. The molecule has 0 saturated heterocycles. The zero-order valence-electron chi connectivity index (χ0n) is 6.49. The second-order valence-electron chi connectivity index (χ2n) is 2.50. The summed E-state index contributed by atoms with van der Waals surface area (Å²) >= 11 is 1.62. The normalized spacial score (nSPS) is 20.8. The molecule has 5 heteroatoms. The van der Waals surface area contributed by atoms with Gasteiger partial charge in [-0.25, -0.2) is 4.79 Å². The molecule has 1 atom stereocenters. The summed E-state index contributed by atoms with van der Waals surface area (Å²) in [7, 11) is 0. The van der Waals surface area contributed by atoms with Gasteiger partial charge in [-0.2, -0.15) is 4.57 Å². The zero-order valence-corrected chi connectivity index (χ0v) is 8.89. The van der Waals surface area contributed by atoms with Crippen LogP contribution in [0.1, 0.15) is 18.0 Å². The van der Waals surface area contributed by atoms with Gasteiger partial charge in [0, 0.05) is 0 Å². The molecular formula is C7H8BrNO2S. The fraction of sp³-hybridized carbons (Fsp3) is 0.429. The molecule has 1 aliphatic rings. The van der Waals surface area contributed by atoms with Gasteiger partial charge in [0.25, 0.3) is 5.01 Å². The highest BCUT2D eigenvalue weighted by Gasteiger charge is 2.31. The fourth-order valence-corrected chi connectivity index (χ4v) is 2.05. The average Bonchev–Trinajstić information content (AvgIpc) is 2.34. The molecule has 0 saturated carbocycles. The molecule has 0 bridgehead atoms. The van der Waals surface area contributed by atoms with Crippen LogP contribution in [0.5, 0.6) is 0 Å². The number of thiazole rings is 1. The van der Waals surface area contributed by atoms with E-state index >= 15 is 0 Å². The molecule has 3 nitrogen and oxygen atoms in total. The van der Waals surface area contributed by atoms with E-state index in [4.69, 9.17) is 4.74 Å². The fourth-order valence-electron chi connectivity index (χ4n) is 1.20. The predicted octanol–water partition coefficient (Wildman–Crippen LogP) is -2.34. The van der Waals surface area contributed by atoms with Crippen molar-refractivity contribution in [3.63, 3.8) is 0 Å². The molecular weight excluding hydrogens is 242 g/mol. The molecule has 0 fully saturated rings. The third-order valence-corrected chi connectivity index (χ3v) is 2.73. The molecule has 2 heterocycles. The summed E-state index contributed by atoms with van der Waals surface area (Å²) < 4.78 is 6.95. The van der Waals surface area contributed by atoms with Gasteiger partial charge in [-0.3, -0.25) is 0 Å². The maximum Gasteiger partial charge on any atom is 0.373 e. The van der Waals surface area contributed by atoms with E-state index in [9.17, 15) is 4.79 Å². The monoisotopic (exact) mass is 249 g/mol. The van der Waals surface area contributed by atoms with Gasteiger partial charge in [0.1, 0.15) is 0 Å². The van der Waals surface area contributed by atoms with Gasteiger partial charge in [0.2, 0.25) is 6.54 Å². The number of carbonyl (C=O) groups is 1. The summed E-state index contributed by atoms with van der Waals surface area (Å²) in [5.41, 5.74) is 0. The summed E-state index contributed by atoms with van der Waals surface area (Å²) in [4.78, 5) is 10.9.